The molecule has 0 N–H and O–H groups in total. The van der Waals surface area contributed by atoms with Crippen molar-refractivity contribution in [3.05, 3.63) is 66.2 Å². The van der Waals surface area contributed by atoms with Gasteiger partial charge in [0.15, 0.2) is 11.5 Å². The van der Waals surface area contributed by atoms with Crippen molar-refractivity contribution < 1.29 is 32.1 Å². The Bertz CT molecular complexity index is 1230. The molecule has 0 aliphatic rings. The average molecular weight is 488 g/mol. The second kappa shape index (κ2) is 10.6. The normalized spacial score (nSPS) is 11.9. The van der Waals surface area contributed by atoms with Crippen LogP contribution in [0, 0.1) is 0 Å². The minimum absolute atomic E-state index is 0.108. The van der Waals surface area contributed by atoms with Gasteiger partial charge >= 0.3 is 0 Å². The zero-order valence-electron chi connectivity index (χ0n) is 20.1. The summed E-state index contributed by atoms with van der Waals surface area (Å²) in [4.78, 5) is 0.108. The quantitative estimate of drug-likeness (QED) is 0.410. The van der Waals surface area contributed by atoms with Crippen molar-refractivity contribution in [2.45, 2.75) is 17.9 Å². The second-order valence-corrected chi connectivity index (χ2v) is 9.11. The van der Waals surface area contributed by atoms with E-state index in [-0.39, 0.29) is 4.90 Å². The van der Waals surface area contributed by atoms with Crippen molar-refractivity contribution in [1.82, 2.24) is 0 Å². The first kappa shape index (κ1) is 25.0. The molecule has 182 valence electrons. The molecule has 0 saturated carbocycles. The summed E-state index contributed by atoms with van der Waals surface area (Å²) in [6.07, 6.45) is 0. The summed E-state index contributed by atoms with van der Waals surface area (Å²) in [5.41, 5.74) is 1.03. The van der Waals surface area contributed by atoms with Crippen LogP contribution in [0.25, 0.3) is 0 Å². The fraction of sp³-hybridized carbons (Fsp3) is 0.280. The number of hydrogen-bond donors (Lipinski definition) is 0. The van der Waals surface area contributed by atoms with E-state index < -0.39 is 16.1 Å². The first-order valence-electron chi connectivity index (χ1n) is 10.4. The van der Waals surface area contributed by atoms with Crippen molar-refractivity contribution in [2.24, 2.45) is 0 Å². The fourth-order valence-corrected chi connectivity index (χ4v) is 5.31. The molecular weight excluding hydrogens is 458 g/mol. The molecule has 0 fully saturated rings. The number of methoxy groups -OCH3 is 5. The largest absolute Gasteiger partial charge is 0.497 e. The number of sulfonamides is 1. The molecule has 0 amide bonds. The van der Waals surface area contributed by atoms with Gasteiger partial charge in [0.2, 0.25) is 0 Å². The van der Waals surface area contributed by atoms with Crippen molar-refractivity contribution in [3.8, 4) is 28.7 Å². The van der Waals surface area contributed by atoms with Gasteiger partial charge in [0.1, 0.15) is 17.2 Å². The topological polar surface area (TPSA) is 83.5 Å². The summed E-state index contributed by atoms with van der Waals surface area (Å²) < 4.78 is 56.2. The molecule has 3 rings (SSSR count). The van der Waals surface area contributed by atoms with Crippen molar-refractivity contribution in [1.29, 1.82) is 0 Å². The molecule has 34 heavy (non-hydrogen) atoms. The van der Waals surface area contributed by atoms with E-state index in [4.69, 9.17) is 23.7 Å². The zero-order chi connectivity index (χ0) is 24.9. The van der Waals surface area contributed by atoms with Gasteiger partial charge in [0.25, 0.3) is 10.0 Å². The summed E-state index contributed by atoms with van der Waals surface area (Å²) in [7, 11) is 3.60. The van der Waals surface area contributed by atoms with E-state index in [1.807, 2.05) is 0 Å². The Morgan fingerprint density at radius 3 is 1.76 bits per heavy atom. The van der Waals surface area contributed by atoms with Crippen molar-refractivity contribution >= 4 is 15.7 Å². The van der Waals surface area contributed by atoms with E-state index in [0.717, 1.165) is 0 Å². The number of benzene rings is 3. The first-order valence-corrected chi connectivity index (χ1v) is 11.9. The SMILES string of the molecule is COc1ccc(S(=O)(=O)N(c2ccc(OC)c(OC)c2)[C@@H](C)c2cc(OC)ccc2OC)cc1. The van der Waals surface area contributed by atoms with Crippen LogP contribution in [0.3, 0.4) is 0 Å². The Morgan fingerprint density at radius 1 is 0.647 bits per heavy atom. The number of anilines is 1. The standard InChI is InChI=1S/C25H29NO7S/c1-17(22-16-20(30-3)10-14-23(22)31-4)26(18-7-13-24(32-5)25(15-18)33-6)34(27,28)21-11-8-19(29-2)9-12-21/h7-17H,1-6H3/t17-/m0/s1. The van der Waals surface area contributed by atoms with Gasteiger partial charge in [0.05, 0.1) is 52.2 Å². The lowest BCUT2D eigenvalue weighted by Gasteiger charge is -2.32. The maximum absolute atomic E-state index is 14.0. The van der Waals surface area contributed by atoms with Crippen molar-refractivity contribution in [2.75, 3.05) is 39.9 Å². The van der Waals surface area contributed by atoms with Gasteiger partial charge in [-0.05, 0) is 61.5 Å². The van der Waals surface area contributed by atoms with Gasteiger partial charge in [-0.3, -0.25) is 4.31 Å². The van der Waals surface area contributed by atoms with Crippen LogP contribution in [0.2, 0.25) is 0 Å². The van der Waals surface area contributed by atoms with Gasteiger partial charge in [-0.1, -0.05) is 0 Å². The molecule has 0 unspecified atom stereocenters. The van der Waals surface area contributed by atoms with E-state index in [1.54, 1.807) is 62.6 Å². The molecule has 0 spiro atoms. The summed E-state index contributed by atoms with van der Waals surface area (Å²) >= 11 is 0. The molecule has 0 aliphatic heterocycles. The van der Waals surface area contributed by atoms with Gasteiger partial charge in [-0.15, -0.1) is 0 Å². The molecule has 0 heterocycles. The van der Waals surface area contributed by atoms with Crippen LogP contribution >= 0.6 is 0 Å². The highest BCUT2D eigenvalue weighted by atomic mass is 32.2. The third-order valence-corrected chi connectivity index (χ3v) is 7.39. The van der Waals surface area contributed by atoms with Gasteiger partial charge in [0, 0.05) is 11.6 Å². The second-order valence-electron chi connectivity index (χ2n) is 7.30. The van der Waals surface area contributed by atoms with Crippen LogP contribution in [0.4, 0.5) is 5.69 Å². The molecule has 0 aromatic heterocycles. The Labute approximate surface area is 200 Å². The first-order chi connectivity index (χ1) is 16.3. The summed E-state index contributed by atoms with van der Waals surface area (Å²) in [5.74, 6) is 2.55. The van der Waals surface area contributed by atoms with Crippen LogP contribution < -0.4 is 28.0 Å². The molecule has 0 aliphatic carbocycles. The average Bonchev–Trinajstić information content (AvgIpc) is 2.87. The predicted molar refractivity (Wildman–Crippen MR) is 130 cm³/mol. The Kier molecular flexibility index (Phi) is 7.78. The maximum atomic E-state index is 14.0. The molecule has 0 saturated heterocycles. The van der Waals surface area contributed by atoms with E-state index in [0.29, 0.717) is 40.0 Å². The Morgan fingerprint density at radius 2 is 1.21 bits per heavy atom. The fourth-order valence-electron chi connectivity index (χ4n) is 3.69. The molecule has 9 heteroatoms. The predicted octanol–water partition coefficient (Wildman–Crippen LogP) is 4.69. The summed E-state index contributed by atoms with van der Waals surface area (Å²) in [6.45, 7) is 1.79. The van der Waals surface area contributed by atoms with Gasteiger partial charge in [-0.25, -0.2) is 8.42 Å². The van der Waals surface area contributed by atoms with Gasteiger partial charge < -0.3 is 23.7 Å². The minimum atomic E-state index is -4.03. The van der Waals surface area contributed by atoms with Crippen LogP contribution in [0.5, 0.6) is 28.7 Å². The van der Waals surface area contributed by atoms with Crippen LogP contribution in [-0.4, -0.2) is 44.0 Å². The van der Waals surface area contributed by atoms with E-state index in [9.17, 15) is 8.42 Å². The highest BCUT2D eigenvalue weighted by Crippen LogP contribution is 2.41. The maximum Gasteiger partial charge on any atom is 0.264 e. The third kappa shape index (κ3) is 4.84. The van der Waals surface area contributed by atoms with E-state index >= 15 is 0 Å². The number of nitrogens with zero attached hydrogens (tertiary/aromatic N) is 1. The molecule has 3 aromatic carbocycles. The number of ether oxygens (including phenoxy) is 5. The number of rotatable bonds is 10. The molecular formula is C25H29NO7S. The minimum Gasteiger partial charge on any atom is -0.497 e. The molecule has 0 radical (unpaired) electrons. The number of hydrogen-bond acceptors (Lipinski definition) is 7. The molecule has 0 bridgehead atoms. The lowest BCUT2D eigenvalue weighted by molar-refractivity contribution is 0.355. The van der Waals surface area contributed by atoms with Crippen LogP contribution in [-0.2, 0) is 10.0 Å². The van der Waals surface area contributed by atoms with Crippen molar-refractivity contribution in [3.63, 3.8) is 0 Å². The summed E-state index contributed by atoms with van der Waals surface area (Å²) in [6, 6.07) is 15.8. The molecule has 3 aromatic rings. The Balaban J connectivity index is 2.24. The van der Waals surface area contributed by atoms with Gasteiger partial charge in [-0.2, -0.15) is 0 Å². The lowest BCUT2D eigenvalue weighted by Crippen LogP contribution is -2.34. The summed E-state index contributed by atoms with van der Waals surface area (Å²) in [5, 5.41) is 0. The third-order valence-electron chi connectivity index (χ3n) is 5.48. The highest BCUT2D eigenvalue weighted by Gasteiger charge is 2.33. The highest BCUT2D eigenvalue weighted by molar-refractivity contribution is 7.92. The van der Waals surface area contributed by atoms with Crippen LogP contribution in [0.15, 0.2) is 65.6 Å². The lowest BCUT2D eigenvalue weighted by atomic mass is 10.1. The van der Waals surface area contributed by atoms with E-state index in [1.165, 1.54) is 44.9 Å². The molecule has 8 nitrogen and oxygen atoms in total. The van der Waals surface area contributed by atoms with Crippen LogP contribution in [0.1, 0.15) is 18.5 Å². The van der Waals surface area contributed by atoms with E-state index in [2.05, 4.69) is 0 Å². The Hall–Kier alpha value is -3.59. The molecule has 1 atom stereocenters. The zero-order valence-corrected chi connectivity index (χ0v) is 20.9. The monoisotopic (exact) mass is 487 g/mol. The smallest absolute Gasteiger partial charge is 0.264 e.